The van der Waals surface area contributed by atoms with E-state index in [1.165, 1.54) is 0 Å². The predicted molar refractivity (Wildman–Crippen MR) is 64.3 cm³/mol. The monoisotopic (exact) mass is 228 g/mol. The van der Waals surface area contributed by atoms with Crippen LogP contribution >= 0.6 is 0 Å². The van der Waals surface area contributed by atoms with Crippen LogP contribution < -0.4 is 5.32 Å². The van der Waals surface area contributed by atoms with Crippen molar-refractivity contribution in [3.8, 4) is 0 Å². The highest BCUT2D eigenvalue weighted by Gasteiger charge is 2.39. The number of methoxy groups -OCH3 is 1. The quantitative estimate of drug-likeness (QED) is 0.759. The average molecular weight is 228 g/mol. The molecule has 1 aliphatic heterocycles. The van der Waals surface area contributed by atoms with Crippen LogP contribution in [-0.2, 0) is 9.53 Å². The summed E-state index contributed by atoms with van der Waals surface area (Å²) in [6.07, 6.45) is 3.01. The molecule has 4 nitrogen and oxygen atoms in total. The molecule has 1 amide bonds. The number of nitrogens with zero attached hydrogens (tertiary/aromatic N) is 1. The summed E-state index contributed by atoms with van der Waals surface area (Å²) in [5.74, 6) is 0.263. The van der Waals surface area contributed by atoms with E-state index in [9.17, 15) is 4.79 Å². The van der Waals surface area contributed by atoms with Crippen LogP contribution in [0.15, 0.2) is 0 Å². The topological polar surface area (TPSA) is 41.6 Å². The molecule has 0 aromatic heterocycles. The first kappa shape index (κ1) is 13.5. The van der Waals surface area contributed by atoms with E-state index in [0.29, 0.717) is 13.2 Å². The van der Waals surface area contributed by atoms with E-state index >= 15 is 0 Å². The summed E-state index contributed by atoms with van der Waals surface area (Å²) >= 11 is 0. The summed E-state index contributed by atoms with van der Waals surface area (Å²) in [5.41, 5.74) is -0.180. The van der Waals surface area contributed by atoms with Gasteiger partial charge in [-0.25, -0.2) is 0 Å². The summed E-state index contributed by atoms with van der Waals surface area (Å²) in [6, 6.07) is 0. The van der Waals surface area contributed by atoms with Crippen molar-refractivity contribution in [3.63, 3.8) is 0 Å². The van der Waals surface area contributed by atoms with Crippen molar-refractivity contribution >= 4 is 5.91 Å². The molecule has 0 aromatic carbocycles. The van der Waals surface area contributed by atoms with Gasteiger partial charge < -0.3 is 15.0 Å². The highest BCUT2D eigenvalue weighted by molar-refractivity contribution is 5.82. The maximum Gasteiger partial charge on any atom is 0.229 e. The number of nitrogens with one attached hydrogen (secondary N) is 1. The van der Waals surface area contributed by atoms with Crippen molar-refractivity contribution < 1.29 is 9.53 Å². The molecule has 0 aliphatic carbocycles. The lowest BCUT2D eigenvalue weighted by Crippen LogP contribution is -2.51. The average Bonchev–Trinajstić information content (AvgIpc) is 2.35. The molecule has 1 saturated heterocycles. The van der Waals surface area contributed by atoms with Gasteiger partial charge in [0.15, 0.2) is 0 Å². The second-order valence-corrected chi connectivity index (χ2v) is 4.63. The lowest BCUT2D eigenvalue weighted by Gasteiger charge is -2.38. The predicted octanol–water partition coefficient (Wildman–Crippen LogP) is 0.871. The molecular formula is C12H24N2O2. The third-order valence-electron chi connectivity index (χ3n) is 3.58. The molecule has 1 unspecified atom stereocenters. The molecular weight excluding hydrogens is 204 g/mol. The molecule has 1 atom stereocenters. The Bertz CT molecular complexity index is 225. The van der Waals surface area contributed by atoms with Crippen molar-refractivity contribution in [2.75, 3.05) is 40.4 Å². The van der Waals surface area contributed by atoms with Gasteiger partial charge in [0.1, 0.15) is 0 Å². The minimum atomic E-state index is -0.180. The van der Waals surface area contributed by atoms with Crippen LogP contribution in [0.3, 0.4) is 0 Å². The normalized spacial score (nSPS) is 25.4. The number of carbonyl (C=O) groups excluding carboxylic acids is 1. The highest BCUT2D eigenvalue weighted by Crippen LogP contribution is 2.31. The molecule has 1 rings (SSSR count). The molecule has 0 saturated carbocycles. The van der Waals surface area contributed by atoms with E-state index in [2.05, 4.69) is 12.2 Å². The molecule has 0 radical (unpaired) electrons. The van der Waals surface area contributed by atoms with Gasteiger partial charge >= 0.3 is 0 Å². The van der Waals surface area contributed by atoms with Gasteiger partial charge in [0.25, 0.3) is 0 Å². The molecule has 1 heterocycles. The second-order valence-electron chi connectivity index (χ2n) is 4.63. The van der Waals surface area contributed by atoms with Gasteiger partial charge in [0.2, 0.25) is 5.91 Å². The number of ether oxygens (including phenoxy) is 1. The van der Waals surface area contributed by atoms with Crippen LogP contribution in [0, 0.1) is 5.41 Å². The van der Waals surface area contributed by atoms with Crippen LogP contribution in [0.25, 0.3) is 0 Å². The molecule has 0 aromatic rings. The van der Waals surface area contributed by atoms with E-state index in [1.807, 2.05) is 7.05 Å². The fourth-order valence-corrected chi connectivity index (χ4v) is 2.34. The summed E-state index contributed by atoms with van der Waals surface area (Å²) in [5, 5.41) is 3.34. The Morgan fingerprint density at radius 1 is 1.56 bits per heavy atom. The summed E-state index contributed by atoms with van der Waals surface area (Å²) < 4.78 is 5.01. The van der Waals surface area contributed by atoms with E-state index in [4.69, 9.17) is 4.74 Å². The molecule has 94 valence electrons. The lowest BCUT2D eigenvalue weighted by molar-refractivity contribution is -0.142. The maximum atomic E-state index is 12.4. The van der Waals surface area contributed by atoms with Crippen LogP contribution in [0.5, 0.6) is 0 Å². The first-order chi connectivity index (χ1) is 7.66. The molecule has 16 heavy (non-hydrogen) atoms. The van der Waals surface area contributed by atoms with Gasteiger partial charge in [-0.3, -0.25) is 4.79 Å². The van der Waals surface area contributed by atoms with Crippen molar-refractivity contribution in [2.24, 2.45) is 5.41 Å². The Balaban J connectivity index is 2.60. The smallest absolute Gasteiger partial charge is 0.229 e. The van der Waals surface area contributed by atoms with E-state index in [1.54, 1.807) is 12.0 Å². The van der Waals surface area contributed by atoms with E-state index < -0.39 is 0 Å². The zero-order chi connectivity index (χ0) is 12.0. The third kappa shape index (κ3) is 2.95. The third-order valence-corrected chi connectivity index (χ3v) is 3.58. The molecule has 1 fully saturated rings. The first-order valence-electron chi connectivity index (χ1n) is 6.11. The van der Waals surface area contributed by atoms with E-state index in [0.717, 1.165) is 32.4 Å². The van der Waals surface area contributed by atoms with Crippen LogP contribution in [0.2, 0.25) is 0 Å². The van der Waals surface area contributed by atoms with Gasteiger partial charge in [0, 0.05) is 27.2 Å². The first-order valence-corrected chi connectivity index (χ1v) is 6.11. The number of hydrogen-bond acceptors (Lipinski definition) is 3. The maximum absolute atomic E-state index is 12.4. The Morgan fingerprint density at radius 3 is 2.81 bits per heavy atom. The Labute approximate surface area is 98.3 Å². The number of likely N-dealkylation sites (N-methyl/N-ethyl adjacent to an activating group) is 1. The number of hydrogen-bond donors (Lipinski definition) is 1. The van der Waals surface area contributed by atoms with Crippen LogP contribution in [0.1, 0.15) is 26.2 Å². The van der Waals surface area contributed by atoms with Crippen LogP contribution in [0.4, 0.5) is 0 Å². The molecule has 0 spiro atoms. The number of rotatable bonds is 5. The lowest BCUT2D eigenvalue weighted by atomic mass is 9.77. The molecule has 0 bridgehead atoms. The van der Waals surface area contributed by atoms with E-state index in [-0.39, 0.29) is 11.3 Å². The Kier molecular flexibility index (Phi) is 5.22. The molecule has 1 aliphatic rings. The van der Waals surface area contributed by atoms with Crippen molar-refractivity contribution in [3.05, 3.63) is 0 Å². The Morgan fingerprint density at radius 2 is 2.31 bits per heavy atom. The van der Waals surface area contributed by atoms with Crippen molar-refractivity contribution in [1.82, 2.24) is 10.2 Å². The van der Waals surface area contributed by atoms with Crippen LogP contribution in [-0.4, -0.2) is 51.2 Å². The largest absolute Gasteiger partial charge is 0.383 e. The van der Waals surface area contributed by atoms with Gasteiger partial charge in [-0.05, 0) is 25.8 Å². The fourth-order valence-electron chi connectivity index (χ4n) is 2.34. The summed E-state index contributed by atoms with van der Waals surface area (Å²) in [7, 11) is 3.53. The minimum absolute atomic E-state index is 0.180. The zero-order valence-corrected chi connectivity index (χ0v) is 10.7. The summed E-state index contributed by atoms with van der Waals surface area (Å²) in [4.78, 5) is 14.2. The van der Waals surface area contributed by atoms with Crippen molar-refractivity contribution in [2.45, 2.75) is 26.2 Å². The number of carbonyl (C=O) groups is 1. The van der Waals surface area contributed by atoms with Gasteiger partial charge in [0.05, 0.1) is 12.0 Å². The SMILES string of the molecule is CCC1(C(=O)N(C)CCOC)CCCNC1. The fraction of sp³-hybridized carbons (Fsp3) is 0.917. The second kappa shape index (κ2) is 6.21. The summed E-state index contributed by atoms with van der Waals surface area (Å²) in [6.45, 7) is 5.25. The van der Waals surface area contributed by atoms with Gasteiger partial charge in [-0.2, -0.15) is 0 Å². The Hall–Kier alpha value is -0.610. The van der Waals surface area contributed by atoms with Gasteiger partial charge in [-0.1, -0.05) is 6.92 Å². The standard InChI is InChI=1S/C12H24N2O2/c1-4-12(6-5-7-13-10-12)11(15)14(2)8-9-16-3/h13H,4-10H2,1-3H3. The highest BCUT2D eigenvalue weighted by atomic mass is 16.5. The zero-order valence-electron chi connectivity index (χ0n) is 10.7. The van der Waals surface area contributed by atoms with Crippen molar-refractivity contribution in [1.29, 1.82) is 0 Å². The molecule has 1 N–H and O–H groups in total. The minimum Gasteiger partial charge on any atom is -0.383 e. The van der Waals surface area contributed by atoms with Gasteiger partial charge in [-0.15, -0.1) is 0 Å². The number of amides is 1. The number of piperidine rings is 1. The molecule has 4 heteroatoms.